The number of imidazole rings is 1. The average molecular weight is 411 g/mol. The van der Waals surface area contributed by atoms with Gasteiger partial charge in [0.05, 0.1) is 40.6 Å². The molecule has 0 fully saturated rings. The molecule has 0 aliphatic carbocycles. The van der Waals surface area contributed by atoms with Crippen LogP contribution >= 0.6 is 0 Å². The van der Waals surface area contributed by atoms with Crippen molar-refractivity contribution in [2.75, 3.05) is 31.6 Å². The molecule has 3 aromatic rings. The largest absolute Gasteiger partial charge is 0.395 e. The maximum atomic E-state index is 11.4. The van der Waals surface area contributed by atoms with E-state index in [-0.39, 0.29) is 18.7 Å². The smallest absolute Gasteiger partial charge is 0.140 e. The summed E-state index contributed by atoms with van der Waals surface area (Å²) in [6.45, 7) is 3.60. The molecular weight excluding hydrogens is 384 g/mol. The molecule has 0 radical (unpaired) electrons. The highest BCUT2D eigenvalue weighted by Gasteiger charge is 2.35. The molecule has 4 rings (SSSR count). The van der Waals surface area contributed by atoms with Gasteiger partial charge in [0.15, 0.2) is 0 Å². The second-order valence-corrected chi connectivity index (χ2v) is 7.85. The van der Waals surface area contributed by atoms with Crippen LogP contribution in [0.2, 0.25) is 0 Å². The number of aromatic amines is 1. The van der Waals surface area contributed by atoms with Gasteiger partial charge >= 0.3 is 0 Å². The maximum absolute atomic E-state index is 11.4. The molecule has 152 valence electrons. The molecule has 2 atom stereocenters. The Labute approximate surface area is 174 Å². The van der Waals surface area contributed by atoms with E-state index in [1.165, 1.54) is 5.56 Å². The Morgan fingerprint density at radius 2 is 2.14 bits per heavy atom. The van der Waals surface area contributed by atoms with Crippen LogP contribution in [0.4, 0.5) is 5.69 Å². The number of hydrogen-bond acceptors (Lipinski definition) is 5. The summed E-state index contributed by atoms with van der Waals surface area (Å²) in [5.41, 5.74) is 5.31. The minimum Gasteiger partial charge on any atom is -0.395 e. The molecule has 0 bridgehead atoms. The molecule has 2 N–H and O–H groups in total. The summed E-state index contributed by atoms with van der Waals surface area (Å²) in [5.74, 6) is 0.834. The SMILES string of the molecule is CCN1c2c(-c3nc4ccccc4[nH]3)cccc2C(N(C)CCO)CC1C=S=O. The molecule has 2 unspecified atom stereocenters. The number of para-hydroxylation sites is 3. The number of nitrogens with one attached hydrogen (secondary N) is 1. The monoisotopic (exact) mass is 410 g/mol. The van der Waals surface area contributed by atoms with E-state index in [9.17, 15) is 9.32 Å². The zero-order valence-corrected chi connectivity index (χ0v) is 17.5. The van der Waals surface area contributed by atoms with Crippen molar-refractivity contribution in [1.29, 1.82) is 0 Å². The fraction of sp³-hybridized carbons (Fsp3) is 0.364. The number of aliphatic hydroxyl groups is 1. The van der Waals surface area contributed by atoms with E-state index in [0.717, 1.165) is 41.1 Å². The zero-order chi connectivity index (χ0) is 20.4. The van der Waals surface area contributed by atoms with E-state index in [0.29, 0.717) is 17.8 Å². The molecule has 1 aromatic heterocycles. The van der Waals surface area contributed by atoms with Gasteiger partial charge in [-0.2, -0.15) is 0 Å². The summed E-state index contributed by atoms with van der Waals surface area (Å²) in [6, 6.07) is 14.5. The highest BCUT2D eigenvalue weighted by Crippen LogP contribution is 2.44. The molecule has 7 heteroatoms. The lowest BCUT2D eigenvalue weighted by atomic mass is 9.88. The van der Waals surface area contributed by atoms with E-state index in [1.54, 1.807) is 5.37 Å². The predicted molar refractivity (Wildman–Crippen MR) is 120 cm³/mol. The molecule has 1 aliphatic heterocycles. The Kier molecular flexibility index (Phi) is 5.80. The molecule has 6 nitrogen and oxygen atoms in total. The van der Waals surface area contributed by atoms with Crippen molar-refractivity contribution in [2.45, 2.75) is 25.4 Å². The van der Waals surface area contributed by atoms with E-state index < -0.39 is 0 Å². The van der Waals surface area contributed by atoms with Crippen molar-refractivity contribution in [3.05, 3.63) is 48.0 Å². The first kappa shape index (κ1) is 19.8. The third kappa shape index (κ3) is 3.61. The fourth-order valence-corrected chi connectivity index (χ4v) is 4.77. The van der Waals surface area contributed by atoms with Gasteiger partial charge in [0.25, 0.3) is 0 Å². The molecule has 1 aliphatic rings. The van der Waals surface area contributed by atoms with Crippen LogP contribution in [0.3, 0.4) is 0 Å². The van der Waals surface area contributed by atoms with E-state index >= 15 is 0 Å². The lowest BCUT2D eigenvalue weighted by molar-refractivity contribution is 0.169. The van der Waals surface area contributed by atoms with Crippen LogP contribution in [0.15, 0.2) is 42.5 Å². The first-order valence-corrected chi connectivity index (χ1v) is 10.8. The van der Waals surface area contributed by atoms with Gasteiger partial charge in [-0.15, -0.1) is 0 Å². The molecule has 2 aromatic carbocycles. The molecule has 0 amide bonds. The molecule has 29 heavy (non-hydrogen) atoms. The molecule has 2 heterocycles. The Hall–Kier alpha value is -2.48. The number of aliphatic hydroxyl groups excluding tert-OH is 1. The van der Waals surface area contributed by atoms with Gasteiger partial charge in [0.2, 0.25) is 0 Å². The fourth-order valence-electron chi connectivity index (χ4n) is 4.39. The van der Waals surface area contributed by atoms with Crippen molar-refractivity contribution in [2.24, 2.45) is 0 Å². The number of benzene rings is 2. The second kappa shape index (κ2) is 8.49. The molecule has 0 saturated carbocycles. The summed E-state index contributed by atoms with van der Waals surface area (Å²) in [7, 11) is 2.03. The Balaban J connectivity index is 1.91. The van der Waals surface area contributed by atoms with Crippen molar-refractivity contribution < 1.29 is 9.32 Å². The third-order valence-electron chi connectivity index (χ3n) is 5.76. The topological polar surface area (TPSA) is 72.5 Å². The number of anilines is 1. The van der Waals surface area contributed by atoms with Gasteiger partial charge in [-0.25, -0.2) is 9.19 Å². The number of nitrogens with zero attached hydrogens (tertiary/aromatic N) is 3. The van der Waals surface area contributed by atoms with Crippen molar-refractivity contribution in [3.63, 3.8) is 0 Å². The lowest BCUT2D eigenvalue weighted by Crippen LogP contribution is -2.45. The van der Waals surface area contributed by atoms with E-state index in [4.69, 9.17) is 4.98 Å². The highest BCUT2D eigenvalue weighted by molar-refractivity contribution is 7.65. The van der Waals surface area contributed by atoms with Crippen LogP contribution in [0.5, 0.6) is 0 Å². The first-order chi connectivity index (χ1) is 14.2. The van der Waals surface area contributed by atoms with Crippen LogP contribution in [0, 0.1) is 0 Å². The van der Waals surface area contributed by atoms with Crippen LogP contribution in [0.1, 0.15) is 24.9 Å². The van der Waals surface area contributed by atoms with Crippen LogP contribution in [-0.4, -0.2) is 62.3 Å². The predicted octanol–water partition coefficient (Wildman–Crippen LogP) is 2.81. The van der Waals surface area contributed by atoms with Gasteiger partial charge < -0.3 is 15.0 Å². The number of likely N-dealkylation sites (N-methyl/N-ethyl adjacent to an activating group) is 1. The van der Waals surface area contributed by atoms with Crippen LogP contribution in [0.25, 0.3) is 22.4 Å². The van der Waals surface area contributed by atoms with Crippen LogP contribution < -0.4 is 4.90 Å². The van der Waals surface area contributed by atoms with Crippen LogP contribution in [-0.2, 0) is 11.3 Å². The summed E-state index contributed by atoms with van der Waals surface area (Å²) < 4.78 is 11.4. The highest BCUT2D eigenvalue weighted by atomic mass is 32.1. The third-order valence-corrected chi connectivity index (χ3v) is 6.19. The minimum absolute atomic E-state index is 0.0201. The number of hydrogen-bond donors (Lipinski definition) is 2. The van der Waals surface area contributed by atoms with E-state index in [1.807, 2.05) is 31.3 Å². The second-order valence-electron chi connectivity index (χ2n) is 7.39. The summed E-state index contributed by atoms with van der Waals surface area (Å²) in [6.07, 6.45) is 0.816. The molecule has 0 spiro atoms. The van der Waals surface area contributed by atoms with Crippen molar-refractivity contribution in [1.82, 2.24) is 14.9 Å². The van der Waals surface area contributed by atoms with Gasteiger partial charge in [-0.3, -0.25) is 4.90 Å². The first-order valence-electron chi connectivity index (χ1n) is 9.95. The summed E-state index contributed by atoms with van der Waals surface area (Å²) in [4.78, 5) is 12.7. The normalized spacial score (nSPS) is 18.8. The Bertz CT molecular complexity index is 1030. The number of aromatic nitrogens is 2. The zero-order valence-electron chi connectivity index (χ0n) is 16.7. The quantitative estimate of drug-likeness (QED) is 0.612. The van der Waals surface area contributed by atoms with Crippen molar-refractivity contribution >= 4 is 33.3 Å². The van der Waals surface area contributed by atoms with Gasteiger partial charge in [-0.05, 0) is 44.2 Å². The summed E-state index contributed by atoms with van der Waals surface area (Å²) in [5, 5.41) is 11.2. The minimum atomic E-state index is 0.0201. The van der Waals surface area contributed by atoms with Gasteiger partial charge in [-0.1, -0.05) is 24.3 Å². The van der Waals surface area contributed by atoms with Gasteiger partial charge in [0, 0.05) is 30.1 Å². The number of rotatable bonds is 6. The lowest BCUT2D eigenvalue weighted by Gasteiger charge is -2.44. The number of H-pyrrole nitrogens is 1. The van der Waals surface area contributed by atoms with Gasteiger partial charge in [0.1, 0.15) is 5.82 Å². The summed E-state index contributed by atoms with van der Waals surface area (Å²) >= 11 is 0.527. The molecule has 0 saturated heterocycles. The van der Waals surface area contributed by atoms with Crippen molar-refractivity contribution in [3.8, 4) is 11.4 Å². The Morgan fingerprint density at radius 1 is 1.31 bits per heavy atom. The Morgan fingerprint density at radius 3 is 2.86 bits per heavy atom. The standard InChI is InChI=1S/C22H26N4O2S/c1-3-26-15(14-29-28)13-20(25(2)11-12-27)16-7-6-8-17(21(16)26)22-23-18-9-4-5-10-19(18)24-22/h4-10,14-15,20,27H,3,11-13H2,1-2H3,(H,23,24). The number of fused-ring (bicyclic) bond motifs is 2. The van der Waals surface area contributed by atoms with E-state index in [2.05, 4.69) is 39.9 Å². The maximum Gasteiger partial charge on any atom is 0.140 e. The average Bonchev–Trinajstić information content (AvgIpc) is 3.17. The molecular formula is C22H26N4O2S.